The van der Waals surface area contributed by atoms with Crippen molar-refractivity contribution < 1.29 is 9.53 Å². The summed E-state index contributed by atoms with van der Waals surface area (Å²) >= 11 is 0. The van der Waals surface area contributed by atoms with E-state index in [1.54, 1.807) is 0 Å². The summed E-state index contributed by atoms with van der Waals surface area (Å²) in [7, 11) is 2.00. The molecule has 0 aromatic heterocycles. The normalized spacial score (nSPS) is 22.6. The van der Waals surface area contributed by atoms with Crippen LogP contribution in [0.15, 0.2) is 30.3 Å². The van der Waals surface area contributed by atoms with E-state index in [9.17, 15) is 4.79 Å². The van der Waals surface area contributed by atoms with Gasteiger partial charge in [-0.25, -0.2) is 0 Å². The molecule has 1 aliphatic rings. The molecule has 1 amide bonds. The van der Waals surface area contributed by atoms with Crippen molar-refractivity contribution in [2.45, 2.75) is 25.8 Å². The predicted octanol–water partition coefficient (Wildman–Crippen LogP) is 1.91. The quantitative estimate of drug-likeness (QED) is 0.893. The summed E-state index contributed by atoms with van der Waals surface area (Å²) in [6, 6.07) is 10.0. The van der Waals surface area contributed by atoms with E-state index in [1.807, 2.05) is 42.3 Å². The zero-order chi connectivity index (χ0) is 14.4. The van der Waals surface area contributed by atoms with Crippen LogP contribution in [0.25, 0.3) is 0 Å². The van der Waals surface area contributed by atoms with Gasteiger partial charge in [0.15, 0.2) is 6.61 Å². The monoisotopic (exact) mass is 276 g/mol. The molecule has 0 radical (unpaired) electrons. The summed E-state index contributed by atoms with van der Waals surface area (Å²) in [5.74, 6) is 1.37. The molecule has 0 spiro atoms. The first-order chi connectivity index (χ1) is 9.74. The van der Waals surface area contributed by atoms with Crippen LogP contribution >= 0.6 is 0 Å². The standard InChI is InChI=1S/C16H24N2O2/c1-3-13-11-18(10-9-15(13)17-2)16(19)12-20-14-7-5-4-6-8-14/h4-8,13,15,17H,3,9-12H2,1-2H3. The Balaban J connectivity index is 1.84. The first kappa shape index (κ1) is 14.9. The highest BCUT2D eigenvalue weighted by molar-refractivity contribution is 5.77. The smallest absolute Gasteiger partial charge is 0.260 e. The average Bonchev–Trinajstić information content (AvgIpc) is 2.52. The Morgan fingerprint density at radius 3 is 2.80 bits per heavy atom. The van der Waals surface area contributed by atoms with Gasteiger partial charge in [-0.15, -0.1) is 0 Å². The lowest BCUT2D eigenvalue weighted by Crippen LogP contribution is -2.51. The van der Waals surface area contributed by atoms with Crippen molar-refractivity contribution in [3.05, 3.63) is 30.3 Å². The number of para-hydroxylation sites is 1. The molecule has 2 unspecified atom stereocenters. The number of nitrogens with one attached hydrogen (secondary N) is 1. The van der Waals surface area contributed by atoms with E-state index < -0.39 is 0 Å². The lowest BCUT2D eigenvalue weighted by molar-refractivity contribution is -0.135. The molecule has 0 aliphatic carbocycles. The highest BCUT2D eigenvalue weighted by atomic mass is 16.5. The van der Waals surface area contributed by atoms with Crippen LogP contribution in [-0.2, 0) is 4.79 Å². The average molecular weight is 276 g/mol. The minimum absolute atomic E-state index is 0.0851. The minimum atomic E-state index is 0.0851. The van der Waals surface area contributed by atoms with Crippen LogP contribution in [0, 0.1) is 5.92 Å². The summed E-state index contributed by atoms with van der Waals surface area (Å²) in [6.45, 7) is 3.96. The second-order valence-electron chi connectivity index (χ2n) is 5.29. The Bertz CT molecular complexity index is 422. The number of amides is 1. The first-order valence-electron chi connectivity index (χ1n) is 7.37. The minimum Gasteiger partial charge on any atom is -0.484 e. The van der Waals surface area contributed by atoms with Gasteiger partial charge in [-0.1, -0.05) is 31.5 Å². The maximum Gasteiger partial charge on any atom is 0.260 e. The fourth-order valence-electron chi connectivity index (χ4n) is 2.81. The van der Waals surface area contributed by atoms with Gasteiger partial charge in [0.25, 0.3) is 5.91 Å². The number of rotatable bonds is 5. The number of nitrogens with zero attached hydrogens (tertiary/aromatic N) is 1. The van der Waals surface area contributed by atoms with E-state index in [0.717, 1.165) is 31.7 Å². The number of piperidine rings is 1. The summed E-state index contributed by atoms with van der Waals surface area (Å²) < 4.78 is 5.54. The van der Waals surface area contributed by atoms with E-state index in [4.69, 9.17) is 4.74 Å². The maximum atomic E-state index is 12.2. The van der Waals surface area contributed by atoms with Gasteiger partial charge in [-0.05, 0) is 31.5 Å². The number of hydrogen-bond donors (Lipinski definition) is 1. The van der Waals surface area contributed by atoms with Crippen molar-refractivity contribution in [2.24, 2.45) is 5.92 Å². The molecule has 2 atom stereocenters. The molecule has 110 valence electrons. The maximum absolute atomic E-state index is 12.2. The Kier molecular flexibility index (Phi) is 5.41. The number of carbonyl (C=O) groups is 1. The van der Waals surface area contributed by atoms with Gasteiger partial charge in [-0.3, -0.25) is 4.79 Å². The second-order valence-corrected chi connectivity index (χ2v) is 5.29. The number of hydrogen-bond acceptors (Lipinski definition) is 3. The molecule has 2 rings (SSSR count). The largest absolute Gasteiger partial charge is 0.484 e. The zero-order valence-electron chi connectivity index (χ0n) is 12.3. The zero-order valence-corrected chi connectivity index (χ0v) is 12.3. The van der Waals surface area contributed by atoms with Crippen molar-refractivity contribution in [1.82, 2.24) is 10.2 Å². The van der Waals surface area contributed by atoms with Crippen LogP contribution in [0.4, 0.5) is 0 Å². The summed E-state index contributed by atoms with van der Waals surface area (Å²) in [5.41, 5.74) is 0. The van der Waals surface area contributed by atoms with Crippen molar-refractivity contribution in [1.29, 1.82) is 0 Å². The highest BCUT2D eigenvalue weighted by Gasteiger charge is 2.29. The van der Waals surface area contributed by atoms with Crippen LogP contribution in [0.2, 0.25) is 0 Å². The van der Waals surface area contributed by atoms with E-state index >= 15 is 0 Å². The molecule has 0 bridgehead atoms. The summed E-state index contributed by atoms with van der Waals surface area (Å²) in [4.78, 5) is 14.1. The van der Waals surface area contributed by atoms with Crippen molar-refractivity contribution in [2.75, 3.05) is 26.7 Å². The molecular weight excluding hydrogens is 252 g/mol. The molecule has 1 aromatic carbocycles. The van der Waals surface area contributed by atoms with E-state index in [2.05, 4.69) is 12.2 Å². The van der Waals surface area contributed by atoms with E-state index in [1.165, 1.54) is 0 Å². The van der Waals surface area contributed by atoms with Crippen LogP contribution in [0.1, 0.15) is 19.8 Å². The number of carbonyl (C=O) groups excluding carboxylic acids is 1. The van der Waals surface area contributed by atoms with Gasteiger partial charge in [0.2, 0.25) is 0 Å². The first-order valence-corrected chi connectivity index (χ1v) is 7.37. The second kappa shape index (κ2) is 7.29. The topological polar surface area (TPSA) is 41.6 Å². The third-order valence-corrected chi connectivity index (χ3v) is 4.09. The molecule has 0 saturated carbocycles. The molecule has 1 fully saturated rings. The van der Waals surface area contributed by atoms with Crippen LogP contribution in [0.5, 0.6) is 5.75 Å². The fraction of sp³-hybridized carbons (Fsp3) is 0.562. The van der Waals surface area contributed by atoms with Gasteiger partial charge in [-0.2, -0.15) is 0 Å². The molecule has 20 heavy (non-hydrogen) atoms. The SMILES string of the molecule is CCC1CN(C(=O)COc2ccccc2)CCC1NC. The molecule has 1 aliphatic heterocycles. The van der Waals surface area contributed by atoms with Crippen LogP contribution < -0.4 is 10.1 Å². The lowest BCUT2D eigenvalue weighted by Gasteiger charge is -2.38. The number of benzene rings is 1. The van der Waals surface area contributed by atoms with Gasteiger partial charge in [0, 0.05) is 19.1 Å². The summed E-state index contributed by atoms with van der Waals surface area (Å²) in [6.07, 6.45) is 2.11. The Morgan fingerprint density at radius 1 is 1.40 bits per heavy atom. The lowest BCUT2D eigenvalue weighted by atomic mass is 9.90. The summed E-state index contributed by atoms with van der Waals surface area (Å²) in [5, 5.41) is 3.35. The number of ether oxygens (including phenoxy) is 1. The molecule has 1 N–H and O–H groups in total. The van der Waals surface area contributed by atoms with Gasteiger partial charge in [0.1, 0.15) is 5.75 Å². The molecule has 4 heteroatoms. The van der Waals surface area contributed by atoms with Gasteiger partial charge in [0.05, 0.1) is 0 Å². The molecule has 1 heterocycles. The third kappa shape index (κ3) is 3.73. The van der Waals surface area contributed by atoms with E-state index in [-0.39, 0.29) is 12.5 Å². The Labute approximate surface area is 121 Å². The Hall–Kier alpha value is -1.55. The molecule has 1 aromatic rings. The fourth-order valence-corrected chi connectivity index (χ4v) is 2.81. The van der Waals surface area contributed by atoms with Crippen LogP contribution in [0.3, 0.4) is 0 Å². The van der Waals surface area contributed by atoms with E-state index in [0.29, 0.717) is 12.0 Å². The predicted molar refractivity (Wildman–Crippen MR) is 79.8 cm³/mol. The Morgan fingerprint density at radius 2 is 2.15 bits per heavy atom. The highest BCUT2D eigenvalue weighted by Crippen LogP contribution is 2.20. The third-order valence-electron chi connectivity index (χ3n) is 4.09. The molecule has 1 saturated heterocycles. The van der Waals surface area contributed by atoms with Gasteiger partial charge >= 0.3 is 0 Å². The van der Waals surface area contributed by atoms with Crippen molar-refractivity contribution in [3.8, 4) is 5.75 Å². The van der Waals surface area contributed by atoms with Crippen molar-refractivity contribution in [3.63, 3.8) is 0 Å². The van der Waals surface area contributed by atoms with Gasteiger partial charge < -0.3 is 15.0 Å². The molecular formula is C16H24N2O2. The molecule has 4 nitrogen and oxygen atoms in total. The van der Waals surface area contributed by atoms with Crippen LogP contribution in [-0.4, -0.2) is 43.6 Å². The number of likely N-dealkylation sites (tertiary alicyclic amines) is 1. The van der Waals surface area contributed by atoms with Crippen molar-refractivity contribution >= 4 is 5.91 Å².